The smallest absolute Gasteiger partial charge is 0.123 e. The van der Waals surface area contributed by atoms with Crippen molar-refractivity contribution in [3.05, 3.63) is 77.4 Å². The lowest BCUT2D eigenvalue weighted by atomic mass is 9.94. The maximum atomic E-state index is 10.3. The second-order valence-electron chi connectivity index (χ2n) is 5.69. The number of aromatic hydroxyl groups is 1. The molecule has 0 fully saturated rings. The fraction of sp³-hybridized carbons (Fsp3) is 0.100. The van der Waals surface area contributed by atoms with Crippen LogP contribution in [0.4, 0.5) is 0 Å². The van der Waals surface area contributed by atoms with Crippen LogP contribution in [0.1, 0.15) is 16.7 Å². The molecule has 1 N–H and O–H groups in total. The van der Waals surface area contributed by atoms with Crippen molar-refractivity contribution in [3.8, 4) is 28.0 Å². The molecule has 1 aliphatic carbocycles. The van der Waals surface area contributed by atoms with Gasteiger partial charge in [-0.2, -0.15) is 0 Å². The Bertz CT molecular complexity index is 846. The van der Waals surface area contributed by atoms with Crippen LogP contribution >= 0.6 is 0 Å². The molecule has 1 nitrogen and oxygen atoms in total. The van der Waals surface area contributed by atoms with E-state index in [2.05, 4.69) is 48.5 Å². The molecule has 1 aliphatic rings. The SMILES string of the molecule is Cc1ccc(-c2cccc3c2Cc2ccccc2-3)c(O)c1. The van der Waals surface area contributed by atoms with Crippen LogP contribution in [-0.2, 0) is 6.42 Å². The molecule has 0 unspecified atom stereocenters. The molecule has 0 heterocycles. The summed E-state index contributed by atoms with van der Waals surface area (Å²) in [5.74, 6) is 0.361. The highest BCUT2D eigenvalue weighted by molar-refractivity contribution is 5.86. The molecule has 0 aromatic heterocycles. The highest BCUT2D eigenvalue weighted by atomic mass is 16.3. The molecule has 4 rings (SSSR count). The van der Waals surface area contributed by atoms with Gasteiger partial charge in [0.1, 0.15) is 5.75 Å². The number of phenolic OH excluding ortho intramolecular Hbond substituents is 1. The van der Waals surface area contributed by atoms with Crippen LogP contribution in [0, 0.1) is 6.92 Å². The van der Waals surface area contributed by atoms with Crippen LogP contribution < -0.4 is 0 Å². The summed E-state index contributed by atoms with van der Waals surface area (Å²) in [7, 11) is 0. The Labute approximate surface area is 124 Å². The van der Waals surface area contributed by atoms with Crippen LogP contribution in [0.25, 0.3) is 22.3 Å². The van der Waals surface area contributed by atoms with E-state index in [4.69, 9.17) is 0 Å². The average Bonchev–Trinajstić information content (AvgIpc) is 2.86. The lowest BCUT2D eigenvalue weighted by molar-refractivity contribution is 0.477. The quantitative estimate of drug-likeness (QED) is 0.520. The first-order valence-corrected chi connectivity index (χ1v) is 7.24. The molecule has 0 saturated carbocycles. The van der Waals surface area contributed by atoms with Crippen LogP contribution in [0.2, 0.25) is 0 Å². The van der Waals surface area contributed by atoms with Gasteiger partial charge in [-0.25, -0.2) is 0 Å². The molecular formula is C20H16O. The normalized spacial score (nSPS) is 12.0. The second-order valence-corrected chi connectivity index (χ2v) is 5.69. The molecule has 3 aromatic carbocycles. The lowest BCUT2D eigenvalue weighted by Crippen LogP contribution is -1.89. The van der Waals surface area contributed by atoms with Crippen LogP contribution in [0.5, 0.6) is 5.75 Å². The molecule has 0 aliphatic heterocycles. The molecule has 102 valence electrons. The molecule has 0 radical (unpaired) electrons. The zero-order chi connectivity index (χ0) is 14.4. The first-order valence-electron chi connectivity index (χ1n) is 7.24. The van der Waals surface area contributed by atoms with Crippen molar-refractivity contribution in [2.24, 2.45) is 0 Å². The fourth-order valence-electron chi connectivity index (χ4n) is 3.28. The van der Waals surface area contributed by atoms with E-state index in [0.717, 1.165) is 23.1 Å². The lowest BCUT2D eigenvalue weighted by Gasteiger charge is -2.11. The maximum Gasteiger partial charge on any atom is 0.123 e. The van der Waals surface area contributed by atoms with Crippen molar-refractivity contribution in [3.63, 3.8) is 0 Å². The number of phenols is 1. The third-order valence-electron chi connectivity index (χ3n) is 4.29. The molecule has 0 saturated heterocycles. The third-order valence-corrected chi connectivity index (χ3v) is 4.29. The van der Waals surface area contributed by atoms with E-state index < -0.39 is 0 Å². The maximum absolute atomic E-state index is 10.3. The van der Waals surface area contributed by atoms with Crippen molar-refractivity contribution < 1.29 is 5.11 Å². The summed E-state index contributed by atoms with van der Waals surface area (Å²) >= 11 is 0. The summed E-state index contributed by atoms with van der Waals surface area (Å²) in [5.41, 5.74) is 8.44. The van der Waals surface area contributed by atoms with E-state index in [0.29, 0.717) is 5.75 Å². The molecular weight excluding hydrogens is 256 g/mol. The Hall–Kier alpha value is -2.54. The van der Waals surface area contributed by atoms with E-state index >= 15 is 0 Å². The van der Waals surface area contributed by atoms with Crippen LogP contribution in [0.3, 0.4) is 0 Å². The van der Waals surface area contributed by atoms with Gasteiger partial charge in [0.05, 0.1) is 0 Å². The number of rotatable bonds is 1. The molecule has 1 heteroatoms. The summed E-state index contributed by atoms with van der Waals surface area (Å²) in [5, 5.41) is 10.3. The largest absolute Gasteiger partial charge is 0.507 e. The minimum Gasteiger partial charge on any atom is -0.507 e. The Kier molecular flexibility index (Phi) is 2.61. The van der Waals surface area contributed by atoms with Crippen molar-refractivity contribution >= 4 is 0 Å². The van der Waals surface area contributed by atoms with Gasteiger partial charge in [0.25, 0.3) is 0 Å². The van der Waals surface area contributed by atoms with E-state index in [1.807, 2.05) is 19.1 Å². The second kappa shape index (κ2) is 4.49. The van der Waals surface area contributed by atoms with Crippen LogP contribution in [-0.4, -0.2) is 5.11 Å². The number of fused-ring (bicyclic) bond motifs is 3. The summed E-state index contributed by atoms with van der Waals surface area (Å²) in [6, 6.07) is 20.8. The van der Waals surface area contributed by atoms with Gasteiger partial charge in [-0.05, 0) is 52.8 Å². The highest BCUT2D eigenvalue weighted by Crippen LogP contribution is 2.43. The molecule has 0 atom stereocenters. The third kappa shape index (κ3) is 1.85. The molecule has 0 spiro atoms. The van der Waals surface area contributed by atoms with Crippen molar-refractivity contribution in [1.82, 2.24) is 0 Å². The van der Waals surface area contributed by atoms with Crippen molar-refractivity contribution in [2.75, 3.05) is 0 Å². The Morgan fingerprint density at radius 1 is 0.762 bits per heavy atom. The molecule has 0 bridgehead atoms. The zero-order valence-electron chi connectivity index (χ0n) is 11.9. The highest BCUT2D eigenvalue weighted by Gasteiger charge is 2.21. The van der Waals surface area contributed by atoms with Gasteiger partial charge in [0.2, 0.25) is 0 Å². The predicted octanol–water partition coefficient (Wildman–Crippen LogP) is 4.94. The Balaban J connectivity index is 1.94. The van der Waals surface area contributed by atoms with Gasteiger partial charge >= 0.3 is 0 Å². The standard InChI is InChI=1S/C20H16O/c1-13-9-10-18(20(21)11-13)17-8-4-7-16-15-6-3-2-5-14(15)12-19(16)17/h2-11,21H,12H2,1H3. The minimum absolute atomic E-state index is 0.361. The van der Waals surface area contributed by atoms with E-state index in [9.17, 15) is 5.11 Å². The summed E-state index contributed by atoms with van der Waals surface area (Å²) < 4.78 is 0. The zero-order valence-corrected chi connectivity index (χ0v) is 11.9. The van der Waals surface area contributed by atoms with E-state index in [1.54, 1.807) is 0 Å². The fourth-order valence-corrected chi connectivity index (χ4v) is 3.28. The topological polar surface area (TPSA) is 20.2 Å². The number of aryl methyl sites for hydroxylation is 1. The monoisotopic (exact) mass is 272 g/mol. The molecule has 21 heavy (non-hydrogen) atoms. The molecule has 3 aromatic rings. The molecule has 0 amide bonds. The first kappa shape index (κ1) is 12.2. The predicted molar refractivity (Wildman–Crippen MR) is 86.5 cm³/mol. The van der Waals surface area contributed by atoms with E-state index in [-0.39, 0.29) is 0 Å². The van der Waals surface area contributed by atoms with Gasteiger partial charge in [-0.1, -0.05) is 54.6 Å². The number of hydrogen-bond donors (Lipinski definition) is 1. The van der Waals surface area contributed by atoms with Gasteiger partial charge < -0.3 is 5.11 Å². The summed E-state index contributed by atoms with van der Waals surface area (Å²) in [6.07, 6.45) is 0.939. The van der Waals surface area contributed by atoms with Gasteiger partial charge in [0, 0.05) is 5.56 Å². The van der Waals surface area contributed by atoms with Crippen molar-refractivity contribution in [2.45, 2.75) is 13.3 Å². The van der Waals surface area contributed by atoms with Gasteiger partial charge in [-0.3, -0.25) is 0 Å². The van der Waals surface area contributed by atoms with Crippen LogP contribution in [0.15, 0.2) is 60.7 Å². The van der Waals surface area contributed by atoms with Gasteiger partial charge in [-0.15, -0.1) is 0 Å². The number of benzene rings is 3. The Morgan fingerprint density at radius 2 is 1.48 bits per heavy atom. The number of hydrogen-bond acceptors (Lipinski definition) is 1. The summed E-state index contributed by atoms with van der Waals surface area (Å²) in [6.45, 7) is 1.99. The summed E-state index contributed by atoms with van der Waals surface area (Å²) in [4.78, 5) is 0. The van der Waals surface area contributed by atoms with Gasteiger partial charge in [0.15, 0.2) is 0 Å². The Morgan fingerprint density at radius 3 is 2.29 bits per heavy atom. The van der Waals surface area contributed by atoms with E-state index in [1.165, 1.54) is 22.3 Å². The minimum atomic E-state index is 0.361. The average molecular weight is 272 g/mol. The van der Waals surface area contributed by atoms with Crippen molar-refractivity contribution in [1.29, 1.82) is 0 Å². The first-order chi connectivity index (χ1) is 10.2.